The van der Waals surface area contributed by atoms with Crippen molar-refractivity contribution in [3.8, 4) is 22.9 Å². The summed E-state index contributed by atoms with van der Waals surface area (Å²) in [5.41, 5.74) is 5.27. The van der Waals surface area contributed by atoms with Crippen LogP contribution >= 0.6 is 0 Å². The zero-order valence-electron chi connectivity index (χ0n) is 62.5. The fourth-order valence-electron chi connectivity index (χ4n) is 12.8. The summed E-state index contributed by atoms with van der Waals surface area (Å²) in [6.07, 6.45) is -10.7. The third-order valence-electron chi connectivity index (χ3n) is 19.0. The van der Waals surface area contributed by atoms with Crippen molar-refractivity contribution in [2.75, 3.05) is 85.3 Å². The van der Waals surface area contributed by atoms with Gasteiger partial charge in [0.1, 0.15) is 72.6 Å². The number of aliphatic hydroxyl groups is 3. The Balaban J connectivity index is 0.739. The average Bonchev–Trinajstić information content (AvgIpc) is 1.63. The van der Waals surface area contributed by atoms with E-state index in [1.165, 1.54) is 49.9 Å². The van der Waals surface area contributed by atoms with Gasteiger partial charge < -0.3 is 104 Å². The number of nitrogens with one attached hydrogen (secondary N) is 6. The van der Waals surface area contributed by atoms with E-state index in [1.54, 1.807) is 58.3 Å². The number of aromatic hydroxyl groups is 1. The van der Waals surface area contributed by atoms with Crippen LogP contribution < -0.4 is 42.3 Å². The van der Waals surface area contributed by atoms with E-state index in [4.69, 9.17) is 38.1 Å². The van der Waals surface area contributed by atoms with E-state index in [1.807, 2.05) is 35.7 Å². The minimum atomic E-state index is -4.72. The number of hydrazine groups is 1. The van der Waals surface area contributed by atoms with E-state index < -0.39 is 142 Å². The molecule has 0 aliphatic carbocycles. The van der Waals surface area contributed by atoms with Crippen LogP contribution in [0, 0.1) is 5.92 Å². The van der Waals surface area contributed by atoms with Crippen molar-refractivity contribution in [1.82, 2.24) is 60.6 Å². The third kappa shape index (κ3) is 20.4. The fraction of sp³-hybridized carbons (Fsp3) is 0.500. The predicted octanol–water partition coefficient (Wildman–Crippen LogP) is 0.466. The van der Waals surface area contributed by atoms with Crippen LogP contribution in [0.15, 0.2) is 71.7 Å². The number of cyclic esters (lactones) is 1. The largest absolute Gasteiger partial charge is 0.508 e. The Kier molecular flexibility index (Phi) is 28.2. The van der Waals surface area contributed by atoms with Crippen molar-refractivity contribution in [3.05, 3.63) is 111 Å². The summed E-state index contributed by atoms with van der Waals surface area (Å²) in [6, 6.07) is 11.7. The van der Waals surface area contributed by atoms with Gasteiger partial charge in [-0.3, -0.25) is 38.7 Å². The standard InChI is InChI=1S/C72H93N13O25S/c1-10-44-45-31-43(86)15-17-49(45)78-57-46(44)34-85-52(57)32-48-47(66(85)95)36-106-69(98)72(48,11-2)110-71(100)82(8)24-23-81(7)70(99)107-35-40-14-16-50(53(29-40)108-68-60(91)58(89)59(90)61(109-68)67(96)97)79-63(92)39(5)76-65(94)56(38(3)4)80-55(88)19-25-104-27-28-105-26-21-75-64(93)51(37-111(101,102)103)77-54(87)18-22-84-42(33-83(9)73-6)30-41-13-12-20-74-62(41)84/h12-17,20,29-32,38-39,51,56,58-61,68,73,86,89-91H,10-11,18-19,21-28,33-37H2,1-9H3,(H,75,93)(H,76,94)(H,77,87)(H,79,92)(H,80,88)(H,96,97)(H,101,102,103)/t39-,51-,56-,58-,59-,60+,61-,68+,72-/m0/s1. The number of nitrogens with zero attached hydrogens (tertiary/aromatic N) is 7. The van der Waals surface area contributed by atoms with Gasteiger partial charge in [0.2, 0.25) is 41.4 Å². The maximum Gasteiger partial charge on any atom is 0.411 e. The number of ether oxygens (including phenoxy) is 7. The molecular weight excluding hydrogens is 1480 g/mol. The van der Waals surface area contributed by atoms with Crippen molar-refractivity contribution < 1.29 is 115 Å². The number of carbonyl (C=O) groups is 9. The van der Waals surface area contributed by atoms with Crippen molar-refractivity contribution >= 4 is 91.4 Å². The van der Waals surface area contributed by atoms with E-state index in [9.17, 15) is 86.4 Å². The number of aliphatic hydroxyl groups excluding tert-OH is 3. The summed E-state index contributed by atoms with van der Waals surface area (Å²) in [4.78, 5) is 146. The Hall–Kier alpha value is -10.5. The minimum absolute atomic E-state index is 0.0151. The van der Waals surface area contributed by atoms with Gasteiger partial charge in [0.15, 0.2) is 6.10 Å². The van der Waals surface area contributed by atoms with Gasteiger partial charge in [0.05, 0.1) is 67.7 Å². The molecule has 7 heterocycles. The molecular formula is C72H93N13O25S. The fourth-order valence-corrected chi connectivity index (χ4v) is 13.4. The smallest absolute Gasteiger partial charge is 0.411 e. The number of hydrogen-bond donors (Lipinski definition) is 12. The lowest BCUT2D eigenvalue weighted by Gasteiger charge is -2.38. The number of pyridine rings is 3. The van der Waals surface area contributed by atoms with Gasteiger partial charge in [0.25, 0.3) is 15.7 Å². The number of esters is 1. The molecule has 4 aromatic heterocycles. The molecule has 6 aromatic rings. The Bertz CT molecular complexity index is 4650. The molecule has 9 atom stereocenters. The Morgan fingerprint density at radius 3 is 2.21 bits per heavy atom. The SMILES string of the molecule is CCc1c2c(nc3ccc(O)cc13)-c1cc3c(c(=O)n1C2)COC(=O)[C@@]3(CC)OC(=O)N(C)CCN(C)C(=O)OCc1ccc(NC(=O)[C@H](C)NC(=O)[C@@H](NC(=O)CCOCCOCCNC(=O)[C@H](CS(=O)(=O)O)NC(=O)CCn2c(CN(C)NC)cc3cccnc32)C(C)C)c(O[C@@H]2O[C@H](C(=O)O)[C@@H](O)[C@H](O)[C@H]2O)c1. The molecule has 1 fully saturated rings. The Labute approximate surface area is 636 Å². The summed E-state index contributed by atoms with van der Waals surface area (Å²) in [5, 5.41) is 67.9. The second kappa shape index (κ2) is 37.0. The van der Waals surface area contributed by atoms with Crippen molar-refractivity contribution in [1.29, 1.82) is 0 Å². The molecule has 0 unspecified atom stereocenters. The molecule has 0 spiro atoms. The second-order valence-electron chi connectivity index (χ2n) is 27.2. The van der Waals surface area contributed by atoms with Crippen LogP contribution in [0.5, 0.6) is 11.5 Å². The number of hydrogen-bond acceptors (Lipinski definition) is 27. The first kappa shape index (κ1) is 84.5. The molecule has 111 heavy (non-hydrogen) atoms. The third-order valence-corrected chi connectivity index (χ3v) is 19.8. The molecule has 9 rings (SSSR count). The van der Waals surface area contributed by atoms with Gasteiger partial charge in [-0.05, 0) is 98.5 Å². The van der Waals surface area contributed by atoms with Gasteiger partial charge >= 0.3 is 24.1 Å². The number of phenolic OH excluding ortho intramolecular Hbond substituents is 1. The maximum absolute atomic E-state index is 14.3. The highest BCUT2D eigenvalue weighted by Gasteiger charge is 2.52. The lowest BCUT2D eigenvalue weighted by atomic mass is 9.85. The highest BCUT2D eigenvalue weighted by atomic mass is 32.2. The van der Waals surface area contributed by atoms with Gasteiger partial charge in [-0.2, -0.15) is 8.42 Å². The number of benzene rings is 2. The first-order chi connectivity index (χ1) is 52.7. The van der Waals surface area contributed by atoms with Crippen LogP contribution in [0.4, 0.5) is 15.3 Å². The number of aryl methyl sites for hydroxylation is 2. The van der Waals surface area contributed by atoms with Crippen molar-refractivity contribution in [2.24, 2.45) is 5.92 Å². The zero-order chi connectivity index (χ0) is 80.9. The molecule has 12 N–H and O–H groups in total. The first-order valence-corrected chi connectivity index (χ1v) is 37.3. The van der Waals surface area contributed by atoms with Crippen LogP contribution in [-0.2, 0) is 117 Å². The second-order valence-corrected chi connectivity index (χ2v) is 28.7. The quantitative estimate of drug-likeness (QED) is 0.00835. The predicted molar refractivity (Wildman–Crippen MR) is 392 cm³/mol. The average molecular weight is 1570 g/mol. The van der Waals surface area contributed by atoms with Crippen LogP contribution in [0.25, 0.3) is 33.3 Å². The number of fused-ring (bicyclic) bond motifs is 6. The van der Waals surface area contributed by atoms with E-state index in [0.717, 1.165) is 37.4 Å². The lowest BCUT2D eigenvalue weighted by Crippen LogP contribution is -2.61. The van der Waals surface area contributed by atoms with Gasteiger partial charge in [-0.25, -0.2) is 34.2 Å². The van der Waals surface area contributed by atoms with Gasteiger partial charge in [-0.15, -0.1) is 0 Å². The number of carbonyl (C=O) groups excluding carboxylic acids is 8. The number of aromatic nitrogens is 4. The summed E-state index contributed by atoms with van der Waals surface area (Å²) < 4.78 is 76.0. The molecule has 39 heteroatoms. The minimum Gasteiger partial charge on any atom is -0.508 e. The number of anilines is 1. The number of carboxylic acid groups (broad SMARTS) is 1. The molecule has 3 aliphatic heterocycles. The summed E-state index contributed by atoms with van der Waals surface area (Å²) >= 11 is 0. The normalized spacial score (nSPS) is 18.7. The van der Waals surface area contributed by atoms with E-state index in [-0.39, 0.29) is 119 Å². The molecule has 3 aliphatic rings. The molecule has 38 nitrogen and oxygen atoms in total. The number of likely N-dealkylation sites (N-methyl/N-ethyl adjacent to an activating group) is 2. The highest BCUT2D eigenvalue weighted by Crippen LogP contribution is 2.43. The molecule has 2 aromatic carbocycles. The lowest BCUT2D eigenvalue weighted by molar-refractivity contribution is -0.271. The maximum atomic E-state index is 14.3. The molecule has 1 saturated heterocycles. The highest BCUT2D eigenvalue weighted by molar-refractivity contribution is 7.85. The first-order valence-electron chi connectivity index (χ1n) is 35.7. The zero-order valence-corrected chi connectivity index (χ0v) is 63.4. The Morgan fingerprint density at radius 1 is 0.811 bits per heavy atom. The molecule has 0 radical (unpaired) electrons. The van der Waals surface area contributed by atoms with Gasteiger partial charge in [0, 0.05) is 94.0 Å². The topological polar surface area (TPSA) is 508 Å². The van der Waals surface area contributed by atoms with Crippen LogP contribution in [-0.4, -0.2) is 255 Å². The number of amides is 7. The number of carboxylic acids is 1. The molecule has 0 saturated carbocycles. The molecule has 7 amide bonds. The molecule has 0 bridgehead atoms. The number of rotatable bonds is 36. The van der Waals surface area contributed by atoms with E-state index in [0.29, 0.717) is 35.5 Å². The van der Waals surface area contributed by atoms with Crippen molar-refractivity contribution in [2.45, 2.75) is 148 Å². The van der Waals surface area contributed by atoms with E-state index in [2.05, 4.69) is 37.0 Å². The van der Waals surface area contributed by atoms with Crippen LogP contribution in [0.1, 0.15) is 87.4 Å². The summed E-state index contributed by atoms with van der Waals surface area (Å²) in [6.45, 7) is 7.28. The van der Waals surface area contributed by atoms with Crippen LogP contribution in [0.2, 0.25) is 0 Å². The van der Waals surface area contributed by atoms with E-state index >= 15 is 0 Å². The Morgan fingerprint density at radius 2 is 1.52 bits per heavy atom. The van der Waals surface area contributed by atoms with Crippen molar-refractivity contribution in [3.63, 3.8) is 0 Å². The van der Waals surface area contributed by atoms with Gasteiger partial charge in [-0.1, -0.05) is 33.8 Å². The number of aliphatic carboxylic acids is 1. The molecule has 602 valence electrons. The summed E-state index contributed by atoms with van der Waals surface area (Å²) in [7, 11) is 1.58. The monoisotopic (exact) mass is 1570 g/mol. The summed E-state index contributed by atoms with van der Waals surface area (Å²) in [5.74, 6) is -8.37. The van der Waals surface area contributed by atoms with Crippen LogP contribution in [0.3, 0.4) is 0 Å². The number of phenols is 1.